The molecule has 20 heavy (non-hydrogen) atoms. The van der Waals surface area contributed by atoms with Gasteiger partial charge in [0.05, 0.1) is 0 Å². The summed E-state index contributed by atoms with van der Waals surface area (Å²) in [4.78, 5) is 0. The average molecular weight is 267 g/mol. The molecule has 0 radical (unpaired) electrons. The first-order chi connectivity index (χ1) is 9.86. The molecule has 0 heterocycles. The van der Waals surface area contributed by atoms with Gasteiger partial charge in [-0.25, -0.2) is 0 Å². The van der Waals surface area contributed by atoms with Crippen molar-refractivity contribution in [2.24, 2.45) is 0 Å². The van der Waals surface area contributed by atoms with Crippen LogP contribution in [0.4, 0.5) is 0 Å². The molecule has 0 saturated carbocycles. The van der Waals surface area contributed by atoms with Crippen LogP contribution >= 0.6 is 0 Å². The molecule has 2 heteroatoms. The Morgan fingerprint density at radius 3 is 2.75 bits per heavy atom. The van der Waals surface area contributed by atoms with Gasteiger partial charge in [-0.2, -0.15) is 0 Å². The van der Waals surface area contributed by atoms with Crippen LogP contribution in [-0.2, 0) is 6.42 Å². The van der Waals surface area contributed by atoms with Gasteiger partial charge in [0.1, 0.15) is 11.5 Å². The number of fused-ring (bicyclic) bond motifs is 1. The summed E-state index contributed by atoms with van der Waals surface area (Å²) >= 11 is 0. The minimum absolute atomic E-state index is 0.475. The molecule has 1 aliphatic rings. The van der Waals surface area contributed by atoms with E-state index < -0.39 is 0 Å². The van der Waals surface area contributed by atoms with E-state index in [-0.39, 0.29) is 0 Å². The highest BCUT2D eigenvalue weighted by molar-refractivity contribution is 5.41. The number of hydrogen-bond donors (Lipinski definition) is 1. The fraction of sp³-hybridized carbons (Fsp3) is 0.333. The van der Waals surface area contributed by atoms with Crippen LogP contribution in [0, 0.1) is 0 Å². The van der Waals surface area contributed by atoms with Crippen LogP contribution < -0.4 is 10.1 Å². The van der Waals surface area contributed by atoms with Crippen molar-refractivity contribution in [1.82, 2.24) is 5.32 Å². The van der Waals surface area contributed by atoms with Gasteiger partial charge >= 0.3 is 0 Å². The fourth-order valence-electron chi connectivity index (χ4n) is 2.92. The van der Waals surface area contributed by atoms with Crippen molar-refractivity contribution in [3.05, 3.63) is 59.7 Å². The summed E-state index contributed by atoms with van der Waals surface area (Å²) in [6.07, 6.45) is 3.67. The number of ether oxygens (including phenoxy) is 1. The molecule has 0 saturated heterocycles. The van der Waals surface area contributed by atoms with Gasteiger partial charge < -0.3 is 10.1 Å². The predicted octanol–water partition coefficient (Wildman–Crippen LogP) is 4.47. The van der Waals surface area contributed by atoms with Crippen molar-refractivity contribution in [3.8, 4) is 11.5 Å². The molecule has 2 nitrogen and oxygen atoms in total. The van der Waals surface area contributed by atoms with Crippen molar-refractivity contribution in [1.29, 1.82) is 0 Å². The van der Waals surface area contributed by atoms with Crippen LogP contribution in [0.2, 0.25) is 0 Å². The molecule has 1 aliphatic carbocycles. The summed E-state index contributed by atoms with van der Waals surface area (Å²) in [6.45, 7) is 3.17. The van der Waals surface area contributed by atoms with E-state index in [1.54, 1.807) is 0 Å². The lowest BCUT2D eigenvalue weighted by molar-refractivity contribution is 0.457. The highest BCUT2D eigenvalue weighted by atomic mass is 16.5. The van der Waals surface area contributed by atoms with Gasteiger partial charge in [-0.05, 0) is 61.2 Å². The lowest BCUT2D eigenvalue weighted by Crippen LogP contribution is -2.24. The van der Waals surface area contributed by atoms with Crippen molar-refractivity contribution in [3.63, 3.8) is 0 Å². The molecular weight excluding hydrogens is 246 g/mol. The van der Waals surface area contributed by atoms with Crippen molar-refractivity contribution in [2.75, 3.05) is 6.54 Å². The summed E-state index contributed by atoms with van der Waals surface area (Å²) in [5.74, 6) is 1.82. The predicted molar refractivity (Wildman–Crippen MR) is 82.3 cm³/mol. The van der Waals surface area contributed by atoms with Crippen molar-refractivity contribution < 1.29 is 4.74 Å². The van der Waals surface area contributed by atoms with Crippen LogP contribution in [0.15, 0.2) is 48.5 Å². The van der Waals surface area contributed by atoms with E-state index in [4.69, 9.17) is 4.74 Å². The topological polar surface area (TPSA) is 21.3 Å². The summed E-state index contributed by atoms with van der Waals surface area (Å²) < 4.78 is 5.94. The standard InChI is InChI=1S/C18H21NO/c1-2-19-18-10-6-7-14-11-12-16(13-17(14)18)20-15-8-4-3-5-9-15/h3-5,8-9,11-13,18-19H,2,6-7,10H2,1H3. The molecule has 1 atom stereocenters. The minimum Gasteiger partial charge on any atom is -0.457 e. The fourth-order valence-corrected chi connectivity index (χ4v) is 2.92. The zero-order valence-corrected chi connectivity index (χ0v) is 11.9. The number of para-hydroxylation sites is 1. The summed E-state index contributed by atoms with van der Waals surface area (Å²) in [5.41, 5.74) is 2.87. The molecule has 1 N–H and O–H groups in total. The molecule has 0 bridgehead atoms. The van der Waals surface area contributed by atoms with Gasteiger partial charge in [0.2, 0.25) is 0 Å². The Morgan fingerprint density at radius 2 is 1.95 bits per heavy atom. The van der Waals surface area contributed by atoms with Crippen molar-refractivity contribution in [2.45, 2.75) is 32.2 Å². The zero-order valence-electron chi connectivity index (χ0n) is 11.9. The van der Waals surface area contributed by atoms with Gasteiger partial charge in [-0.1, -0.05) is 31.2 Å². The lowest BCUT2D eigenvalue weighted by Gasteiger charge is -2.26. The molecule has 0 fully saturated rings. The second kappa shape index (κ2) is 6.10. The largest absolute Gasteiger partial charge is 0.457 e. The Labute approximate surface area is 120 Å². The van der Waals surface area contributed by atoms with E-state index >= 15 is 0 Å². The van der Waals surface area contributed by atoms with E-state index in [0.717, 1.165) is 18.0 Å². The SMILES string of the molecule is CCNC1CCCc2ccc(Oc3ccccc3)cc21. The van der Waals surface area contributed by atoms with Crippen molar-refractivity contribution >= 4 is 0 Å². The maximum absolute atomic E-state index is 5.94. The number of nitrogens with one attached hydrogen (secondary N) is 1. The molecule has 2 aromatic rings. The molecule has 2 aromatic carbocycles. The Bertz CT molecular complexity index is 565. The van der Waals surface area contributed by atoms with E-state index in [1.807, 2.05) is 30.3 Å². The first-order valence-electron chi connectivity index (χ1n) is 7.46. The molecule has 0 amide bonds. The van der Waals surface area contributed by atoms with Crippen LogP contribution in [0.25, 0.3) is 0 Å². The number of benzene rings is 2. The molecule has 0 spiro atoms. The molecule has 3 rings (SSSR count). The highest BCUT2D eigenvalue weighted by Gasteiger charge is 2.19. The molecule has 0 aliphatic heterocycles. The first-order valence-corrected chi connectivity index (χ1v) is 7.46. The normalized spacial score (nSPS) is 17.6. The third kappa shape index (κ3) is 2.86. The smallest absolute Gasteiger partial charge is 0.127 e. The van der Waals surface area contributed by atoms with Gasteiger partial charge in [0.25, 0.3) is 0 Å². The van der Waals surface area contributed by atoms with Gasteiger partial charge in [0.15, 0.2) is 0 Å². The lowest BCUT2D eigenvalue weighted by atomic mass is 9.87. The third-order valence-corrected chi connectivity index (χ3v) is 3.86. The average Bonchev–Trinajstić information content (AvgIpc) is 2.49. The van der Waals surface area contributed by atoms with Gasteiger partial charge in [-0.15, -0.1) is 0 Å². The maximum atomic E-state index is 5.94. The van der Waals surface area contributed by atoms with E-state index in [0.29, 0.717) is 6.04 Å². The number of rotatable bonds is 4. The summed E-state index contributed by atoms with van der Waals surface area (Å²) in [7, 11) is 0. The van der Waals surface area contributed by atoms with E-state index in [9.17, 15) is 0 Å². The molecular formula is C18H21NO. The Kier molecular flexibility index (Phi) is 4.03. The Hall–Kier alpha value is -1.80. The number of aryl methyl sites for hydroxylation is 1. The third-order valence-electron chi connectivity index (χ3n) is 3.86. The molecule has 0 aromatic heterocycles. The van der Waals surface area contributed by atoms with Gasteiger partial charge in [0, 0.05) is 6.04 Å². The minimum atomic E-state index is 0.475. The van der Waals surface area contributed by atoms with E-state index in [2.05, 4.69) is 30.4 Å². The van der Waals surface area contributed by atoms with Gasteiger partial charge in [-0.3, -0.25) is 0 Å². The van der Waals surface area contributed by atoms with E-state index in [1.165, 1.54) is 30.4 Å². The second-order valence-electron chi connectivity index (χ2n) is 5.28. The van der Waals surface area contributed by atoms with Crippen LogP contribution in [0.1, 0.15) is 36.9 Å². The summed E-state index contributed by atoms with van der Waals surface area (Å²) in [5, 5.41) is 3.58. The number of hydrogen-bond acceptors (Lipinski definition) is 2. The first kappa shape index (κ1) is 13.2. The zero-order chi connectivity index (χ0) is 13.8. The Balaban J connectivity index is 1.85. The molecule has 104 valence electrons. The second-order valence-corrected chi connectivity index (χ2v) is 5.28. The quantitative estimate of drug-likeness (QED) is 0.882. The summed E-state index contributed by atoms with van der Waals surface area (Å²) in [6, 6.07) is 16.9. The van der Waals surface area contributed by atoms with Crippen LogP contribution in [0.5, 0.6) is 11.5 Å². The monoisotopic (exact) mass is 267 g/mol. The van der Waals surface area contributed by atoms with Crippen LogP contribution in [-0.4, -0.2) is 6.54 Å². The Morgan fingerprint density at radius 1 is 1.10 bits per heavy atom. The van der Waals surface area contributed by atoms with Crippen LogP contribution in [0.3, 0.4) is 0 Å². The maximum Gasteiger partial charge on any atom is 0.127 e. The highest BCUT2D eigenvalue weighted by Crippen LogP contribution is 2.33. The molecule has 1 unspecified atom stereocenters.